The predicted octanol–water partition coefficient (Wildman–Crippen LogP) is -0.335. The molecule has 0 aliphatic carbocycles. The van der Waals surface area contributed by atoms with Crippen molar-refractivity contribution in [3.05, 3.63) is 18.4 Å². The van der Waals surface area contributed by atoms with Crippen molar-refractivity contribution < 1.29 is 14.4 Å². The molecule has 0 fully saturated rings. The standard InChI is InChI=1S/C6H4O3/c1-2-3-5(8)6(9)4-7/h3-4H,1H2. The zero-order valence-corrected chi connectivity index (χ0v) is 4.59. The van der Waals surface area contributed by atoms with Crippen LogP contribution in [0.5, 0.6) is 0 Å². The molecule has 9 heavy (non-hydrogen) atoms. The quantitative estimate of drug-likeness (QED) is 0.170. The molecule has 0 aromatic heterocycles. The van der Waals surface area contributed by atoms with Crippen molar-refractivity contribution in [2.45, 2.75) is 0 Å². The van der Waals surface area contributed by atoms with Gasteiger partial charge in [-0.15, -0.1) is 5.73 Å². The van der Waals surface area contributed by atoms with Crippen molar-refractivity contribution in [3.8, 4) is 0 Å². The third kappa shape index (κ3) is 2.36. The number of aldehydes is 1. The summed E-state index contributed by atoms with van der Waals surface area (Å²) in [6.45, 7) is 3.05. The molecule has 0 N–H and O–H groups in total. The van der Waals surface area contributed by atoms with Crippen LogP contribution >= 0.6 is 0 Å². The highest BCUT2D eigenvalue weighted by atomic mass is 16.2. The maximum absolute atomic E-state index is 10.2. The zero-order valence-electron chi connectivity index (χ0n) is 4.59. The molecule has 0 aliphatic rings. The summed E-state index contributed by atoms with van der Waals surface area (Å²) in [5.41, 5.74) is 2.08. The van der Waals surface area contributed by atoms with Gasteiger partial charge in [-0.3, -0.25) is 14.4 Å². The summed E-state index contributed by atoms with van der Waals surface area (Å²) in [4.78, 5) is 29.9. The Bertz CT molecular complexity index is 196. The van der Waals surface area contributed by atoms with Crippen molar-refractivity contribution >= 4 is 17.9 Å². The van der Waals surface area contributed by atoms with Crippen molar-refractivity contribution in [3.63, 3.8) is 0 Å². The van der Waals surface area contributed by atoms with Crippen LogP contribution in [0.1, 0.15) is 0 Å². The maximum atomic E-state index is 10.2. The fourth-order valence-corrected chi connectivity index (χ4v) is 0.222. The molecule has 0 saturated heterocycles. The van der Waals surface area contributed by atoms with E-state index in [0.717, 1.165) is 6.08 Å². The SMILES string of the molecule is C=C=CC(=O)C(=O)C=O. The minimum Gasteiger partial charge on any atom is -0.294 e. The van der Waals surface area contributed by atoms with E-state index in [1.807, 2.05) is 0 Å². The molecule has 0 heterocycles. The van der Waals surface area contributed by atoms with Crippen molar-refractivity contribution in [2.75, 3.05) is 0 Å². The van der Waals surface area contributed by atoms with Gasteiger partial charge >= 0.3 is 0 Å². The number of allylic oxidation sites excluding steroid dienone is 1. The van der Waals surface area contributed by atoms with Crippen LogP contribution in [-0.4, -0.2) is 17.9 Å². The van der Waals surface area contributed by atoms with Crippen LogP contribution < -0.4 is 0 Å². The molecule has 0 aliphatic heterocycles. The van der Waals surface area contributed by atoms with Crippen LogP contribution in [-0.2, 0) is 14.4 Å². The molecule has 0 unspecified atom stereocenters. The van der Waals surface area contributed by atoms with Crippen LogP contribution in [0.25, 0.3) is 0 Å². The number of rotatable bonds is 3. The summed E-state index contributed by atoms with van der Waals surface area (Å²) in [7, 11) is 0. The van der Waals surface area contributed by atoms with Gasteiger partial charge in [0.05, 0.1) is 0 Å². The van der Waals surface area contributed by atoms with Crippen LogP contribution in [0.15, 0.2) is 18.4 Å². The highest BCUT2D eigenvalue weighted by Crippen LogP contribution is 1.72. The molecule has 0 radical (unpaired) electrons. The fourth-order valence-electron chi connectivity index (χ4n) is 0.222. The Morgan fingerprint density at radius 1 is 1.33 bits per heavy atom. The first-order valence-corrected chi connectivity index (χ1v) is 2.11. The highest BCUT2D eigenvalue weighted by Gasteiger charge is 2.06. The van der Waals surface area contributed by atoms with E-state index >= 15 is 0 Å². The number of carbonyl (C=O) groups excluding carboxylic acids is 3. The van der Waals surface area contributed by atoms with Crippen molar-refractivity contribution in [2.24, 2.45) is 0 Å². The molecule has 0 saturated carbocycles. The van der Waals surface area contributed by atoms with Gasteiger partial charge in [0.1, 0.15) is 0 Å². The lowest BCUT2D eigenvalue weighted by atomic mass is 10.3. The molecule has 0 amide bonds. The number of Topliss-reactive ketones (excluding diaryl/α,β-unsaturated/α-hetero) is 1. The zero-order chi connectivity index (χ0) is 7.28. The minimum absolute atomic E-state index is 0.0455. The Morgan fingerprint density at radius 3 is 2.22 bits per heavy atom. The first-order valence-electron chi connectivity index (χ1n) is 2.11. The van der Waals surface area contributed by atoms with Gasteiger partial charge in [-0.2, -0.15) is 0 Å². The summed E-state index contributed by atoms with van der Waals surface area (Å²) in [5, 5.41) is 0. The fraction of sp³-hybridized carbons (Fsp3) is 0. The maximum Gasteiger partial charge on any atom is 0.265 e. The molecular formula is C6H4O3. The molecule has 0 rings (SSSR count). The first kappa shape index (κ1) is 7.53. The summed E-state index contributed by atoms with van der Waals surface area (Å²) in [6, 6.07) is 0. The second-order valence-corrected chi connectivity index (χ2v) is 1.19. The van der Waals surface area contributed by atoms with Crippen LogP contribution in [0.2, 0.25) is 0 Å². The normalized spacial score (nSPS) is 7.11. The number of hydrogen-bond donors (Lipinski definition) is 0. The smallest absolute Gasteiger partial charge is 0.265 e. The lowest BCUT2D eigenvalue weighted by Gasteiger charge is -1.75. The average Bonchev–Trinajstić information content (AvgIpc) is 1.87. The van der Waals surface area contributed by atoms with E-state index < -0.39 is 11.6 Å². The molecule has 0 aromatic carbocycles. The molecule has 3 nitrogen and oxygen atoms in total. The lowest BCUT2D eigenvalue weighted by molar-refractivity contribution is -0.138. The summed E-state index contributed by atoms with van der Waals surface area (Å²) in [6.07, 6.45) is 0.771. The van der Waals surface area contributed by atoms with Crippen molar-refractivity contribution in [1.82, 2.24) is 0 Å². The predicted molar refractivity (Wildman–Crippen MR) is 29.8 cm³/mol. The van der Waals surface area contributed by atoms with E-state index in [1.54, 1.807) is 0 Å². The van der Waals surface area contributed by atoms with Crippen LogP contribution in [0.4, 0.5) is 0 Å². The molecule has 0 atom stereocenters. The lowest BCUT2D eigenvalue weighted by Crippen LogP contribution is -2.10. The van der Waals surface area contributed by atoms with Crippen LogP contribution in [0.3, 0.4) is 0 Å². The van der Waals surface area contributed by atoms with Gasteiger partial charge in [-0.05, 0) is 0 Å². The monoisotopic (exact) mass is 124 g/mol. The first-order chi connectivity index (χ1) is 4.22. The number of hydrogen-bond acceptors (Lipinski definition) is 3. The summed E-state index contributed by atoms with van der Waals surface area (Å²) < 4.78 is 0. The molecular weight excluding hydrogens is 120 g/mol. The molecule has 0 spiro atoms. The number of ketones is 2. The third-order valence-electron chi connectivity index (χ3n) is 0.583. The Hall–Kier alpha value is -1.47. The Morgan fingerprint density at radius 2 is 1.89 bits per heavy atom. The molecule has 46 valence electrons. The second kappa shape index (κ2) is 3.52. The Labute approximate surface area is 51.7 Å². The second-order valence-electron chi connectivity index (χ2n) is 1.19. The van der Waals surface area contributed by atoms with E-state index in [2.05, 4.69) is 12.3 Å². The Balaban J connectivity index is 4.21. The summed E-state index contributed by atoms with van der Waals surface area (Å²) >= 11 is 0. The van der Waals surface area contributed by atoms with Crippen LogP contribution in [0, 0.1) is 0 Å². The average molecular weight is 124 g/mol. The van der Waals surface area contributed by atoms with E-state index in [0.29, 0.717) is 0 Å². The molecule has 0 aromatic rings. The molecule has 3 heteroatoms. The van der Waals surface area contributed by atoms with Gasteiger partial charge < -0.3 is 0 Å². The molecule has 0 bridgehead atoms. The largest absolute Gasteiger partial charge is 0.294 e. The topological polar surface area (TPSA) is 51.2 Å². The van der Waals surface area contributed by atoms with E-state index in [9.17, 15) is 14.4 Å². The van der Waals surface area contributed by atoms with Gasteiger partial charge in [0.25, 0.3) is 5.78 Å². The van der Waals surface area contributed by atoms with E-state index in [4.69, 9.17) is 0 Å². The van der Waals surface area contributed by atoms with E-state index in [1.165, 1.54) is 0 Å². The van der Waals surface area contributed by atoms with Gasteiger partial charge in [0, 0.05) is 6.08 Å². The number of carbonyl (C=O) groups is 3. The van der Waals surface area contributed by atoms with Gasteiger partial charge in [-0.1, -0.05) is 6.58 Å². The summed E-state index contributed by atoms with van der Waals surface area (Å²) in [5.74, 6) is -1.97. The van der Waals surface area contributed by atoms with E-state index in [-0.39, 0.29) is 6.29 Å². The third-order valence-corrected chi connectivity index (χ3v) is 0.583. The Kier molecular flexibility index (Phi) is 2.95. The van der Waals surface area contributed by atoms with Gasteiger partial charge in [0.2, 0.25) is 5.78 Å². The minimum atomic E-state index is -1.08. The highest BCUT2D eigenvalue weighted by molar-refractivity contribution is 6.60. The van der Waals surface area contributed by atoms with Gasteiger partial charge in [0.15, 0.2) is 6.29 Å². The van der Waals surface area contributed by atoms with Gasteiger partial charge in [-0.25, -0.2) is 0 Å². The van der Waals surface area contributed by atoms with Crippen molar-refractivity contribution in [1.29, 1.82) is 0 Å².